The number of nitrogens with zero attached hydrogens (tertiary/aromatic N) is 2. The number of nitrogens with two attached hydrogens (primary N) is 1. The molecular formula is C11H17N3O3. The summed E-state index contributed by atoms with van der Waals surface area (Å²) in [6.07, 6.45) is 3.36. The lowest BCUT2D eigenvalue weighted by atomic mass is 9.93. The molecule has 0 amide bonds. The molecule has 2 rings (SSSR count). The van der Waals surface area contributed by atoms with E-state index in [0.717, 1.165) is 12.8 Å². The maximum atomic E-state index is 10.6. The molecule has 1 saturated carbocycles. The van der Waals surface area contributed by atoms with Crippen molar-refractivity contribution in [3.05, 3.63) is 11.9 Å². The van der Waals surface area contributed by atoms with Crippen molar-refractivity contribution < 1.29 is 14.6 Å². The van der Waals surface area contributed by atoms with Crippen molar-refractivity contribution in [2.75, 3.05) is 20.8 Å². The summed E-state index contributed by atoms with van der Waals surface area (Å²) in [5.41, 5.74) is 4.92. The van der Waals surface area contributed by atoms with Crippen molar-refractivity contribution in [3.8, 4) is 11.8 Å². The molecule has 1 atom stereocenters. The molecular weight excluding hydrogens is 222 g/mol. The van der Waals surface area contributed by atoms with Gasteiger partial charge in [0.05, 0.1) is 20.4 Å². The van der Waals surface area contributed by atoms with E-state index >= 15 is 0 Å². The molecule has 6 heteroatoms. The largest absolute Gasteiger partial charge is 0.480 e. The standard InChI is InChI=1S/C11H17N3O3/c1-16-8-5-13-9(10(14-8)17-2)11(15,6-12)7-3-4-7/h5,7,15H,3-4,6,12H2,1-2H3. The smallest absolute Gasteiger partial charge is 0.241 e. The number of ether oxygens (including phenoxy) is 2. The van der Waals surface area contributed by atoms with Crippen LogP contribution in [0.4, 0.5) is 0 Å². The molecule has 1 heterocycles. The lowest BCUT2D eigenvalue weighted by molar-refractivity contribution is 0.0147. The van der Waals surface area contributed by atoms with Gasteiger partial charge in [0.25, 0.3) is 0 Å². The van der Waals surface area contributed by atoms with Gasteiger partial charge < -0.3 is 20.3 Å². The van der Waals surface area contributed by atoms with Crippen LogP contribution in [-0.4, -0.2) is 35.8 Å². The summed E-state index contributed by atoms with van der Waals surface area (Å²) < 4.78 is 10.1. The Hall–Kier alpha value is -1.40. The number of hydrogen-bond acceptors (Lipinski definition) is 6. The minimum absolute atomic E-state index is 0.106. The first-order valence-corrected chi connectivity index (χ1v) is 5.53. The predicted molar refractivity (Wildman–Crippen MR) is 60.8 cm³/mol. The molecule has 94 valence electrons. The predicted octanol–water partition coefficient (Wildman–Crippen LogP) is 0.0501. The molecule has 1 aromatic heterocycles. The third-order valence-corrected chi connectivity index (χ3v) is 3.09. The Morgan fingerprint density at radius 3 is 2.65 bits per heavy atom. The topological polar surface area (TPSA) is 90.5 Å². The van der Waals surface area contributed by atoms with Crippen molar-refractivity contribution in [3.63, 3.8) is 0 Å². The van der Waals surface area contributed by atoms with Gasteiger partial charge >= 0.3 is 0 Å². The summed E-state index contributed by atoms with van der Waals surface area (Å²) >= 11 is 0. The fourth-order valence-corrected chi connectivity index (χ4v) is 1.91. The molecule has 0 bridgehead atoms. The number of aliphatic hydroxyl groups is 1. The highest BCUT2D eigenvalue weighted by Crippen LogP contribution is 2.46. The number of rotatable bonds is 5. The van der Waals surface area contributed by atoms with Crippen LogP contribution < -0.4 is 15.2 Å². The van der Waals surface area contributed by atoms with Crippen LogP contribution in [0, 0.1) is 5.92 Å². The maximum Gasteiger partial charge on any atom is 0.241 e. The summed E-state index contributed by atoms with van der Waals surface area (Å²) in [6, 6.07) is 0. The van der Waals surface area contributed by atoms with E-state index in [1.807, 2.05) is 0 Å². The van der Waals surface area contributed by atoms with Crippen LogP contribution in [0.2, 0.25) is 0 Å². The number of methoxy groups -OCH3 is 2. The van der Waals surface area contributed by atoms with Gasteiger partial charge in [-0.3, -0.25) is 0 Å². The van der Waals surface area contributed by atoms with Crippen LogP contribution in [0.1, 0.15) is 18.5 Å². The van der Waals surface area contributed by atoms with Crippen LogP contribution in [0.5, 0.6) is 11.8 Å². The molecule has 6 nitrogen and oxygen atoms in total. The zero-order chi connectivity index (χ0) is 12.5. The van der Waals surface area contributed by atoms with Crippen molar-refractivity contribution in [2.24, 2.45) is 11.7 Å². The monoisotopic (exact) mass is 239 g/mol. The van der Waals surface area contributed by atoms with Gasteiger partial charge in [-0.05, 0) is 18.8 Å². The second-order valence-electron chi connectivity index (χ2n) is 4.17. The minimum atomic E-state index is -1.15. The molecule has 0 spiro atoms. The molecule has 1 aliphatic rings. The van der Waals surface area contributed by atoms with Crippen LogP contribution in [0.3, 0.4) is 0 Å². The highest BCUT2D eigenvalue weighted by Gasteiger charge is 2.47. The lowest BCUT2D eigenvalue weighted by Crippen LogP contribution is -2.38. The van der Waals surface area contributed by atoms with Gasteiger partial charge in [-0.2, -0.15) is 4.98 Å². The Bertz CT molecular complexity index is 409. The fraction of sp³-hybridized carbons (Fsp3) is 0.636. The van der Waals surface area contributed by atoms with Crippen molar-refractivity contribution in [1.29, 1.82) is 0 Å². The lowest BCUT2D eigenvalue weighted by Gasteiger charge is -2.26. The number of aromatic nitrogens is 2. The molecule has 0 saturated heterocycles. The molecule has 1 aromatic rings. The van der Waals surface area contributed by atoms with Crippen LogP contribution in [-0.2, 0) is 5.60 Å². The van der Waals surface area contributed by atoms with E-state index in [9.17, 15) is 5.11 Å². The van der Waals surface area contributed by atoms with Crippen LogP contribution >= 0.6 is 0 Å². The first-order valence-electron chi connectivity index (χ1n) is 5.53. The number of hydrogen-bond donors (Lipinski definition) is 2. The SMILES string of the molecule is COc1cnc(C(O)(CN)C2CC2)c(OC)n1. The normalized spacial score (nSPS) is 18.6. The van der Waals surface area contributed by atoms with Crippen molar-refractivity contribution in [1.82, 2.24) is 9.97 Å². The Kier molecular flexibility index (Phi) is 3.17. The summed E-state index contributed by atoms with van der Waals surface area (Å²) in [4.78, 5) is 8.29. The molecule has 1 aliphatic carbocycles. The van der Waals surface area contributed by atoms with E-state index < -0.39 is 5.60 Å². The quantitative estimate of drug-likeness (QED) is 0.754. The highest BCUT2D eigenvalue weighted by atomic mass is 16.5. The van der Waals surface area contributed by atoms with Crippen LogP contribution in [0.25, 0.3) is 0 Å². The Morgan fingerprint density at radius 2 is 2.18 bits per heavy atom. The van der Waals surface area contributed by atoms with Gasteiger partial charge in [0, 0.05) is 6.54 Å². The van der Waals surface area contributed by atoms with Crippen LogP contribution in [0.15, 0.2) is 6.20 Å². The third kappa shape index (κ3) is 2.05. The van der Waals surface area contributed by atoms with E-state index in [1.165, 1.54) is 20.4 Å². The van der Waals surface area contributed by atoms with Gasteiger partial charge in [0.15, 0.2) is 0 Å². The summed E-state index contributed by atoms with van der Waals surface area (Å²) in [6.45, 7) is 0.106. The van der Waals surface area contributed by atoms with E-state index in [-0.39, 0.29) is 18.3 Å². The zero-order valence-electron chi connectivity index (χ0n) is 10.0. The molecule has 3 N–H and O–H groups in total. The zero-order valence-corrected chi connectivity index (χ0v) is 10.0. The van der Waals surface area contributed by atoms with E-state index in [4.69, 9.17) is 15.2 Å². The second-order valence-corrected chi connectivity index (χ2v) is 4.17. The van der Waals surface area contributed by atoms with Gasteiger partial charge in [-0.1, -0.05) is 0 Å². The van der Waals surface area contributed by atoms with Gasteiger partial charge in [-0.15, -0.1) is 0 Å². The van der Waals surface area contributed by atoms with Gasteiger partial charge in [0.2, 0.25) is 11.8 Å². The van der Waals surface area contributed by atoms with E-state index in [1.54, 1.807) is 0 Å². The van der Waals surface area contributed by atoms with E-state index in [0.29, 0.717) is 11.6 Å². The van der Waals surface area contributed by atoms with E-state index in [2.05, 4.69) is 9.97 Å². The molecule has 0 aliphatic heterocycles. The first kappa shape index (κ1) is 12.1. The molecule has 1 unspecified atom stereocenters. The van der Waals surface area contributed by atoms with Gasteiger partial charge in [-0.25, -0.2) is 4.98 Å². The summed E-state index contributed by atoms with van der Waals surface area (Å²) in [5.74, 6) is 0.758. The molecule has 0 aromatic carbocycles. The second kappa shape index (κ2) is 4.46. The maximum absolute atomic E-state index is 10.6. The van der Waals surface area contributed by atoms with Gasteiger partial charge in [0.1, 0.15) is 11.3 Å². The average Bonchev–Trinajstić information content (AvgIpc) is 3.21. The highest BCUT2D eigenvalue weighted by molar-refractivity contribution is 5.30. The summed E-state index contributed by atoms with van der Waals surface area (Å²) in [7, 11) is 2.98. The Balaban J connectivity index is 2.42. The Morgan fingerprint density at radius 1 is 1.47 bits per heavy atom. The molecule has 1 fully saturated rings. The van der Waals surface area contributed by atoms with Crippen molar-refractivity contribution >= 4 is 0 Å². The summed E-state index contributed by atoms with van der Waals surface area (Å²) in [5, 5.41) is 10.6. The third-order valence-electron chi connectivity index (χ3n) is 3.09. The average molecular weight is 239 g/mol. The first-order chi connectivity index (χ1) is 8.15. The Labute approximate surface area is 99.8 Å². The molecule has 0 radical (unpaired) electrons. The fourth-order valence-electron chi connectivity index (χ4n) is 1.91. The van der Waals surface area contributed by atoms with Crippen molar-refractivity contribution in [2.45, 2.75) is 18.4 Å². The molecule has 17 heavy (non-hydrogen) atoms. The minimum Gasteiger partial charge on any atom is -0.480 e.